The van der Waals surface area contributed by atoms with Crippen LogP contribution in [-0.4, -0.2) is 45.1 Å². The van der Waals surface area contributed by atoms with E-state index in [9.17, 15) is 9.59 Å². The summed E-state index contributed by atoms with van der Waals surface area (Å²) in [5.74, 6) is 1.64. The summed E-state index contributed by atoms with van der Waals surface area (Å²) >= 11 is 1.24. The van der Waals surface area contributed by atoms with Crippen molar-refractivity contribution in [2.75, 3.05) is 34.5 Å². The van der Waals surface area contributed by atoms with Gasteiger partial charge in [-0.3, -0.25) is 9.36 Å². The monoisotopic (exact) mass is 578 g/mol. The molecule has 3 aromatic rings. The maximum Gasteiger partial charge on any atom is 0.338 e. The van der Waals surface area contributed by atoms with Gasteiger partial charge in [0.2, 0.25) is 0 Å². The highest BCUT2D eigenvalue weighted by molar-refractivity contribution is 7.07. The molecule has 1 atom stereocenters. The molecule has 216 valence electrons. The zero-order valence-electron chi connectivity index (χ0n) is 23.9. The number of aromatic nitrogens is 1. The molecule has 9 nitrogen and oxygen atoms in total. The van der Waals surface area contributed by atoms with Crippen LogP contribution < -0.4 is 33.8 Å². The molecule has 0 bridgehead atoms. The summed E-state index contributed by atoms with van der Waals surface area (Å²) in [6.45, 7) is 8.04. The molecule has 2 aromatic carbocycles. The molecule has 4 rings (SSSR count). The van der Waals surface area contributed by atoms with Crippen molar-refractivity contribution in [2.45, 2.75) is 32.7 Å². The molecule has 0 radical (unpaired) electrons. The standard InChI is InChI=1S/C31H34N2O7S/c1-7-9-15-39-23-13-11-21(18-25(23)38-6)28-27(30(35)40-14-8-2)19(3)32-31-33(28)29(34)26(41-31)17-20-10-12-22(36-4)24(16-20)37-5/h8,10-13,16-18,28H,2,7,9,14-15H2,1,3-6H3. The highest BCUT2D eigenvalue weighted by atomic mass is 32.1. The Balaban J connectivity index is 1.89. The van der Waals surface area contributed by atoms with E-state index in [4.69, 9.17) is 23.7 Å². The van der Waals surface area contributed by atoms with Gasteiger partial charge in [-0.15, -0.1) is 0 Å². The average Bonchev–Trinajstić information content (AvgIpc) is 3.28. The lowest BCUT2D eigenvalue weighted by Gasteiger charge is -2.25. The molecule has 10 heteroatoms. The van der Waals surface area contributed by atoms with Crippen molar-refractivity contribution in [1.82, 2.24) is 4.57 Å². The van der Waals surface area contributed by atoms with E-state index in [0.717, 1.165) is 18.4 Å². The number of hydrogen-bond acceptors (Lipinski definition) is 9. The quantitative estimate of drug-likeness (QED) is 0.181. The number of benzene rings is 2. The molecular formula is C31H34N2O7S. The summed E-state index contributed by atoms with van der Waals surface area (Å²) in [5.41, 5.74) is 1.84. The van der Waals surface area contributed by atoms with Gasteiger partial charge in [-0.25, -0.2) is 9.79 Å². The van der Waals surface area contributed by atoms with Crippen molar-refractivity contribution in [3.8, 4) is 23.0 Å². The summed E-state index contributed by atoms with van der Waals surface area (Å²) in [6, 6.07) is 10.0. The lowest BCUT2D eigenvalue weighted by Crippen LogP contribution is -2.40. The number of nitrogens with zero attached hydrogens (tertiary/aromatic N) is 2. The number of methoxy groups -OCH3 is 3. The van der Waals surface area contributed by atoms with Gasteiger partial charge in [0.25, 0.3) is 5.56 Å². The number of carbonyl (C=O) groups excluding carboxylic acids is 1. The summed E-state index contributed by atoms with van der Waals surface area (Å²) in [6.07, 6.45) is 5.16. The summed E-state index contributed by atoms with van der Waals surface area (Å²) in [7, 11) is 4.68. The van der Waals surface area contributed by atoms with Gasteiger partial charge in [0, 0.05) is 0 Å². The zero-order chi connectivity index (χ0) is 29.5. The smallest absolute Gasteiger partial charge is 0.338 e. The molecule has 1 unspecified atom stereocenters. The summed E-state index contributed by atoms with van der Waals surface area (Å²) < 4.78 is 29.7. The zero-order valence-corrected chi connectivity index (χ0v) is 24.7. The number of allylic oxidation sites excluding steroid dienone is 1. The van der Waals surface area contributed by atoms with Crippen LogP contribution in [0.15, 0.2) is 70.1 Å². The second-order valence-electron chi connectivity index (χ2n) is 9.20. The van der Waals surface area contributed by atoms with Gasteiger partial charge in [0.15, 0.2) is 27.8 Å². The van der Waals surface area contributed by atoms with Crippen molar-refractivity contribution in [3.05, 3.63) is 91.1 Å². The molecule has 0 saturated carbocycles. The number of unbranched alkanes of at least 4 members (excludes halogenated alkanes) is 1. The predicted octanol–water partition coefficient (Wildman–Crippen LogP) is 4.17. The molecule has 0 amide bonds. The molecule has 1 aliphatic rings. The normalized spacial score (nSPS) is 14.7. The van der Waals surface area contributed by atoms with Crippen LogP contribution >= 0.6 is 11.3 Å². The first-order valence-corrected chi connectivity index (χ1v) is 14.0. The Bertz CT molecular complexity index is 1650. The van der Waals surface area contributed by atoms with E-state index in [1.807, 2.05) is 12.1 Å². The van der Waals surface area contributed by atoms with Crippen LogP contribution in [0.5, 0.6) is 23.0 Å². The number of ether oxygens (including phenoxy) is 5. The molecule has 1 aromatic heterocycles. The first-order valence-electron chi connectivity index (χ1n) is 13.2. The summed E-state index contributed by atoms with van der Waals surface area (Å²) in [5, 5.41) is 0. The third kappa shape index (κ3) is 6.22. The van der Waals surface area contributed by atoms with E-state index in [2.05, 4.69) is 18.5 Å². The Hall–Kier alpha value is -4.31. The van der Waals surface area contributed by atoms with E-state index < -0.39 is 12.0 Å². The topological polar surface area (TPSA) is 97.6 Å². The number of carbonyl (C=O) groups is 1. The number of hydrogen-bond donors (Lipinski definition) is 0. The van der Waals surface area contributed by atoms with Gasteiger partial charge in [-0.1, -0.05) is 49.5 Å². The first kappa shape index (κ1) is 29.7. The van der Waals surface area contributed by atoms with Crippen LogP contribution in [0.2, 0.25) is 0 Å². The minimum absolute atomic E-state index is 0.0274. The maximum absolute atomic E-state index is 13.9. The Morgan fingerprint density at radius 2 is 1.76 bits per heavy atom. The van der Waals surface area contributed by atoms with Gasteiger partial charge in [0.1, 0.15) is 6.61 Å². The maximum atomic E-state index is 13.9. The molecule has 2 heterocycles. The third-order valence-corrected chi connectivity index (χ3v) is 7.52. The summed E-state index contributed by atoms with van der Waals surface area (Å²) in [4.78, 5) is 32.4. The van der Waals surface area contributed by atoms with E-state index in [-0.39, 0.29) is 17.7 Å². The third-order valence-electron chi connectivity index (χ3n) is 6.54. The van der Waals surface area contributed by atoms with Gasteiger partial charge < -0.3 is 23.7 Å². The van der Waals surface area contributed by atoms with Crippen LogP contribution in [0, 0.1) is 0 Å². The molecule has 41 heavy (non-hydrogen) atoms. The van der Waals surface area contributed by atoms with Crippen LogP contribution in [0.25, 0.3) is 6.08 Å². The number of fused-ring (bicyclic) bond motifs is 1. The Morgan fingerprint density at radius 1 is 1.05 bits per heavy atom. The van der Waals surface area contributed by atoms with Crippen molar-refractivity contribution >= 4 is 23.4 Å². The second kappa shape index (κ2) is 13.4. The second-order valence-corrected chi connectivity index (χ2v) is 10.2. The molecule has 0 fully saturated rings. The lowest BCUT2D eigenvalue weighted by molar-refractivity contribution is -0.138. The molecular weight excluding hydrogens is 544 g/mol. The van der Waals surface area contributed by atoms with Crippen molar-refractivity contribution < 1.29 is 28.5 Å². The van der Waals surface area contributed by atoms with E-state index in [1.54, 1.807) is 58.6 Å². The highest BCUT2D eigenvalue weighted by Gasteiger charge is 2.34. The van der Waals surface area contributed by atoms with Crippen molar-refractivity contribution in [1.29, 1.82) is 0 Å². The van der Waals surface area contributed by atoms with Gasteiger partial charge in [0.05, 0.1) is 49.8 Å². The molecule has 0 spiro atoms. The van der Waals surface area contributed by atoms with Gasteiger partial charge >= 0.3 is 5.97 Å². The van der Waals surface area contributed by atoms with E-state index in [0.29, 0.717) is 50.2 Å². The van der Waals surface area contributed by atoms with Crippen LogP contribution in [-0.2, 0) is 9.53 Å². The molecule has 1 aliphatic heterocycles. The Kier molecular flexibility index (Phi) is 9.67. The minimum Gasteiger partial charge on any atom is -0.493 e. The number of esters is 1. The van der Waals surface area contributed by atoms with E-state index in [1.165, 1.54) is 22.0 Å². The fraction of sp³-hybridized carbons (Fsp3) is 0.323. The Labute approximate surface area is 242 Å². The van der Waals surface area contributed by atoms with Gasteiger partial charge in [-0.2, -0.15) is 0 Å². The predicted molar refractivity (Wildman–Crippen MR) is 158 cm³/mol. The number of rotatable bonds is 12. The van der Waals surface area contributed by atoms with Crippen LogP contribution in [0.4, 0.5) is 0 Å². The van der Waals surface area contributed by atoms with Crippen LogP contribution in [0.1, 0.15) is 43.9 Å². The van der Waals surface area contributed by atoms with Gasteiger partial charge in [-0.05, 0) is 54.8 Å². The fourth-order valence-corrected chi connectivity index (χ4v) is 5.55. The van der Waals surface area contributed by atoms with Crippen LogP contribution in [0.3, 0.4) is 0 Å². The van der Waals surface area contributed by atoms with Crippen molar-refractivity contribution in [3.63, 3.8) is 0 Å². The average molecular weight is 579 g/mol. The first-order chi connectivity index (χ1) is 19.9. The van der Waals surface area contributed by atoms with Crippen molar-refractivity contribution in [2.24, 2.45) is 4.99 Å². The fourth-order valence-electron chi connectivity index (χ4n) is 4.50. The Morgan fingerprint density at radius 3 is 2.44 bits per heavy atom. The van der Waals surface area contributed by atoms with E-state index >= 15 is 0 Å². The molecule has 0 aliphatic carbocycles. The SMILES string of the molecule is C=CCOC(=O)C1=C(C)N=c2sc(=Cc3ccc(OC)c(OC)c3)c(=O)n2C1c1ccc(OCCCC)c(OC)c1. The molecule has 0 N–H and O–H groups in total. The minimum atomic E-state index is -0.797. The lowest BCUT2D eigenvalue weighted by atomic mass is 9.95. The molecule has 0 saturated heterocycles. The number of thiazole rings is 1. The largest absolute Gasteiger partial charge is 0.493 e. The highest BCUT2D eigenvalue weighted by Crippen LogP contribution is 2.36.